The molecule has 0 saturated carbocycles. The molecule has 0 aliphatic rings. The molecule has 110 valence electrons. The number of hydrogen-bond acceptors (Lipinski definition) is 2. The van der Waals surface area contributed by atoms with Crippen LogP contribution in [0.15, 0.2) is 48.5 Å². The Morgan fingerprint density at radius 3 is 2.38 bits per heavy atom. The Hall–Kier alpha value is -2.13. The second-order valence-electron chi connectivity index (χ2n) is 5.25. The summed E-state index contributed by atoms with van der Waals surface area (Å²) in [6.45, 7) is 4.38. The molecule has 0 bridgehead atoms. The van der Waals surface area contributed by atoms with Crippen molar-refractivity contribution in [1.29, 1.82) is 0 Å². The van der Waals surface area contributed by atoms with E-state index in [0.717, 1.165) is 11.1 Å². The van der Waals surface area contributed by atoms with E-state index in [4.69, 9.17) is 4.74 Å². The van der Waals surface area contributed by atoms with E-state index in [2.05, 4.69) is 0 Å². The topological polar surface area (TPSA) is 46.5 Å². The number of rotatable bonds is 6. The zero-order chi connectivity index (χ0) is 15.2. The molecule has 0 radical (unpaired) electrons. The predicted octanol–water partition coefficient (Wildman–Crippen LogP) is 3.52. The fourth-order valence-electron chi connectivity index (χ4n) is 2.13. The van der Waals surface area contributed by atoms with Gasteiger partial charge in [-0.3, -0.25) is 0 Å². The van der Waals surface area contributed by atoms with Crippen molar-refractivity contribution in [3.63, 3.8) is 0 Å². The van der Waals surface area contributed by atoms with Crippen LogP contribution in [0.2, 0.25) is 0 Å². The van der Waals surface area contributed by atoms with Gasteiger partial charge >= 0.3 is 5.97 Å². The van der Waals surface area contributed by atoms with E-state index in [9.17, 15) is 9.90 Å². The van der Waals surface area contributed by atoms with Crippen molar-refractivity contribution in [1.82, 2.24) is 0 Å². The first-order chi connectivity index (χ1) is 10.1. The molecule has 1 N–H and O–H groups in total. The van der Waals surface area contributed by atoms with Gasteiger partial charge in [-0.2, -0.15) is 0 Å². The van der Waals surface area contributed by atoms with Crippen LogP contribution in [-0.2, 0) is 22.6 Å². The summed E-state index contributed by atoms with van der Waals surface area (Å²) in [5.41, 5.74) is 4.33. The van der Waals surface area contributed by atoms with Gasteiger partial charge in [-0.05, 0) is 36.1 Å². The molecule has 0 aliphatic carbocycles. The minimum Gasteiger partial charge on any atom is -0.479 e. The number of ether oxygens (including phenoxy) is 1. The number of hydrogen-bond donors (Lipinski definition) is 1. The van der Waals surface area contributed by atoms with Crippen molar-refractivity contribution in [2.45, 2.75) is 33.0 Å². The van der Waals surface area contributed by atoms with E-state index in [-0.39, 0.29) is 0 Å². The molecular formula is C18H20O3. The molecule has 0 unspecified atom stereocenters. The summed E-state index contributed by atoms with van der Waals surface area (Å²) in [4.78, 5) is 11.4. The van der Waals surface area contributed by atoms with Crippen LogP contribution in [0.3, 0.4) is 0 Å². The van der Waals surface area contributed by atoms with E-state index in [0.29, 0.717) is 13.0 Å². The van der Waals surface area contributed by atoms with E-state index < -0.39 is 12.1 Å². The van der Waals surface area contributed by atoms with Crippen molar-refractivity contribution in [2.24, 2.45) is 0 Å². The smallest absolute Gasteiger partial charge is 0.333 e. The first kappa shape index (κ1) is 15.3. The second kappa shape index (κ2) is 7.04. The Morgan fingerprint density at radius 1 is 1.05 bits per heavy atom. The van der Waals surface area contributed by atoms with Crippen molar-refractivity contribution < 1.29 is 14.6 Å². The van der Waals surface area contributed by atoms with E-state index in [1.165, 1.54) is 11.1 Å². The molecule has 0 spiro atoms. The molecule has 2 aromatic rings. The molecule has 2 rings (SSSR count). The highest BCUT2D eigenvalue weighted by Crippen LogP contribution is 2.14. The van der Waals surface area contributed by atoms with E-state index in [1.54, 1.807) is 0 Å². The first-order valence-corrected chi connectivity index (χ1v) is 7.00. The highest BCUT2D eigenvalue weighted by Gasteiger charge is 2.19. The summed E-state index contributed by atoms with van der Waals surface area (Å²) in [5, 5.41) is 9.31. The number of carboxylic acids is 1. The average Bonchev–Trinajstić information content (AvgIpc) is 2.48. The minimum atomic E-state index is -0.927. The van der Waals surface area contributed by atoms with Gasteiger partial charge in [-0.1, -0.05) is 48.5 Å². The molecule has 0 saturated heterocycles. The molecule has 0 aliphatic heterocycles. The van der Waals surface area contributed by atoms with E-state index >= 15 is 0 Å². The quantitative estimate of drug-likeness (QED) is 0.883. The third-order valence-corrected chi connectivity index (χ3v) is 3.56. The Bertz CT molecular complexity index is 605. The number of carbonyl (C=O) groups is 1. The summed E-state index contributed by atoms with van der Waals surface area (Å²) < 4.78 is 5.56. The molecule has 0 fully saturated rings. The van der Waals surface area contributed by atoms with Crippen molar-refractivity contribution in [3.05, 3.63) is 70.8 Å². The van der Waals surface area contributed by atoms with Gasteiger partial charge in [0.2, 0.25) is 0 Å². The van der Waals surface area contributed by atoms with Crippen molar-refractivity contribution >= 4 is 5.97 Å². The number of aryl methyl sites for hydroxylation is 2. The number of aliphatic carboxylic acids is 1. The maximum absolute atomic E-state index is 11.4. The average molecular weight is 284 g/mol. The molecule has 0 amide bonds. The highest BCUT2D eigenvalue weighted by atomic mass is 16.5. The third kappa shape index (κ3) is 4.43. The highest BCUT2D eigenvalue weighted by molar-refractivity contribution is 5.72. The molecule has 0 aromatic heterocycles. The lowest BCUT2D eigenvalue weighted by molar-refractivity contribution is -0.151. The largest absolute Gasteiger partial charge is 0.479 e. The standard InChI is InChI=1S/C18H20O3/c1-13-8-9-16(10-14(13)2)11-17(18(19)20)21-12-15-6-4-3-5-7-15/h3-10,17H,11-12H2,1-2H3,(H,19,20)/t17-/m0/s1. The molecule has 3 nitrogen and oxygen atoms in total. The van der Waals surface area contributed by atoms with Crippen LogP contribution in [-0.4, -0.2) is 17.2 Å². The van der Waals surface area contributed by atoms with Gasteiger partial charge in [-0.25, -0.2) is 4.79 Å². The van der Waals surface area contributed by atoms with Crippen molar-refractivity contribution in [3.8, 4) is 0 Å². The Morgan fingerprint density at radius 2 is 1.76 bits per heavy atom. The predicted molar refractivity (Wildman–Crippen MR) is 82.3 cm³/mol. The molecule has 21 heavy (non-hydrogen) atoms. The summed E-state index contributed by atoms with van der Waals surface area (Å²) in [5.74, 6) is -0.927. The lowest BCUT2D eigenvalue weighted by Gasteiger charge is -2.14. The summed E-state index contributed by atoms with van der Waals surface area (Å²) in [7, 11) is 0. The van der Waals surface area contributed by atoms with Crippen LogP contribution < -0.4 is 0 Å². The minimum absolute atomic E-state index is 0.308. The van der Waals surface area contributed by atoms with Gasteiger partial charge in [0, 0.05) is 6.42 Å². The molecule has 2 aromatic carbocycles. The van der Waals surface area contributed by atoms with Gasteiger partial charge in [0.1, 0.15) is 0 Å². The van der Waals surface area contributed by atoms with Crippen LogP contribution >= 0.6 is 0 Å². The van der Waals surface area contributed by atoms with Crippen LogP contribution in [0.4, 0.5) is 0 Å². The van der Waals surface area contributed by atoms with Gasteiger partial charge in [0.25, 0.3) is 0 Å². The van der Waals surface area contributed by atoms with Crippen LogP contribution in [0.1, 0.15) is 22.3 Å². The summed E-state index contributed by atoms with van der Waals surface area (Å²) >= 11 is 0. The number of carboxylic acid groups (broad SMARTS) is 1. The molecule has 1 atom stereocenters. The van der Waals surface area contributed by atoms with Gasteiger partial charge < -0.3 is 9.84 Å². The van der Waals surface area contributed by atoms with Crippen molar-refractivity contribution in [2.75, 3.05) is 0 Å². The fraction of sp³-hybridized carbons (Fsp3) is 0.278. The maximum Gasteiger partial charge on any atom is 0.333 e. The SMILES string of the molecule is Cc1ccc(C[C@H](OCc2ccccc2)C(=O)O)cc1C. The maximum atomic E-state index is 11.4. The van der Waals surface area contributed by atoms with Crippen LogP contribution in [0.25, 0.3) is 0 Å². The Labute approximate surface area is 125 Å². The van der Waals surface area contributed by atoms with Gasteiger partial charge in [-0.15, -0.1) is 0 Å². The third-order valence-electron chi connectivity index (χ3n) is 3.56. The molecule has 0 heterocycles. The van der Waals surface area contributed by atoms with E-state index in [1.807, 2.05) is 62.4 Å². The summed E-state index contributed by atoms with van der Waals surface area (Å²) in [6, 6.07) is 15.6. The lowest BCUT2D eigenvalue weighted by Crippen LogP contribution is -2.26. The second-order valence-corrected chi connectivity index (χ2v) is 5.25. The molecule has 3 heteroatoms. The Kier molecular flexibility index (Phi) is 5.12. The number of benzene rings is 2. The molecular weight excluding hydrogens is 264 g/mol. The van der Waals surface area contributed by atoms with Crippen LogP contribution in [0.5, 0.6) is 0 Å². The summed E-state index contributed by atoms with van der Waals surface area (Å²) in [6.07, 6.45) is -0.448. The zero-order valence-electron chi connectivity index (χ0n) is 12.4. The normalized spacial score (nSPS) is 12.1. The fourth-order valence-corrected chi connectivity index (χ4v) is 2.13. The first-order valence-electron chi connectivity index (χ1n) is 7.00. The zero-order valence-corrected chi connectivity index (χ0v) is 12.4. The van der Waals surface area contributed by atoms with Gasteiger partial charge in [0.05, 0.1) is 6.61 Å². The monoisotopic (exact) mass is 284 g/mol. The van der Waals surface area contributed by atoms with Gasteiger partial charge in [0.15, 0.2) is 6.10 Å². The lowest BCUT2D eigenvalue weighted by atomic mass is 10.0. The Balaban J connectivity index is 2.02. The van der Waals surface area contributed by atoms with Crippen LogP contribution in [0, 0.1) is 13.8 Å².